The first-order valence-electron chi connectivity index (χ1n) is 4.18. The van der Waals surface area contributed by atoms with Gasteiger partial charge in [-0.2, -0.15) is 5.10 Å². The fourth-order valence-corrected chi connectivity index (χ4v) is 1.06. The lowest BCUT2D eigenvalue weighted by Crippen LogP contribution is -2.13. The lowest BCUT2D eigenvalue weighted by molar-refractivity contribution is 0.0995. The van der Waals surface area contributed by atoms with Crippen molar-refractivity contribution in [2.24, 2.45) is 5.73 Å². The molecule has 74 valence electrons. The minimum atomic E-state index is -0.583. The van der Waals surface area contributed by atoms with Gasteiger partial charge in [0.2, 0.25) is 0 Å². The molecule has 0 atom stereocenters. The van der Waals surface area contributed by atoms with E-state index in [1.807, 2.05) is 0 Å². The molecule has 1 amide bonds. The van der Waals surface area contributed by atoms with E-state index in [1.54, 1.807) is 12.1 Å². The summed E-state index contributed by atoms with van der Waals surface area (Å²) in [6.07, 6.45) is 2.96. The highest BCUT2D eigenvalue weighted by Crippen LogP contribution is 2.09. The molecule has 2 aromatic rings. The SMILES string of the molecule is NC(=O)c1cccc(-c2nccnn2)n1. The second-order valence-corrected chi connectivity index (χ2v) is 2.74. The average Bonchev–Trinajstić information content (AvgIpc) is 2.30. The zero-order valence-electron chi connectivity index (χ0n) is 7.66. The van der Waals surface area contributed by atoms with Crippen LogP contribution in [0.15, 0.2) is 30.6 Å². The molecular weight excluding hydrogens is 194 g/mol. The van der Waals surface area contributed by atoms with Gasteiger partial charge in [-0.05, 0) is 12.1 Å². The molecule has 2 N–H and O–H groups in total. The molecule has 0 saturated carbocycles. The Morgan fingerprint density at radius 2 is 2.13 bits per heavy atom. The Morgan fingerprint density at radius 3 is 2.80 bits per heavy atom. The lowest BCUT2D eigenvalue weighted by atomic mass is 10.3. The van der Waals surface area contributed by atoms with Crippen LogP contribution in [0, 0.1) is 0 Å². The Hall–Kier alpha value is -2.37. The molecule has 2 rings (SSSR count). The first-order chi connectivity index (χ1) is 7.27. The van der Waals surface area contributed by atoms with E-state index in [0.29, 0.717) is 11.5 Å². The fourth-order valence-electron chi connectivity index (χ4n) is 1.06. The zero-order chi connectivity index (χ0) is 10.7. The molecule has 0 aromatic carbocycles. The summed E-state index contributed by atoms with van der Waals surface area (Å²) < 4.78 is 0. The molecular formula is C9H7N5O. The number of rotatable bonds is 2. The van der Waals surface area contributed by atoms with E-state index in [-0.39, 0.29) is 5.69 Å². The van der Waals surface area contributed by atoms with Gasteiger partial charge in [-0.15, -0.1) is 5.10 Å². The molecule has 0 aliphatic heterocycles. The highest BCUT2D eigenvalue weighted by atomic mass is 16.1. The van der Waals surface area contributed by atoms with Crippen LogP contribution in [0.5, 0.6) is 0 Å². The van der Waals surface area contributed by atoms with Crippen molar-refractivity contribution < 1.29 is 4.79 Å². The van der Waals surface area contributed by atoms with Crippen LogP contribution in [0.1, 0.15) is 10.5 Å². The Kier molecular flexibility index (Phi) is 2.32. The third-order valence-electron chi connectivity index (χ3n) is 1.71. The van der Waals surface area contributed by atoms with Gasteiger partial charge in [0.15, 0.2) is 5.82 Å². The number of primary amides is 1. The van der Waals surface area contributed by atoms with Crippen molar-refractivity contribution >= 4 is 5.91 Å². The van der Waals surface area contributed by atoms with Gasteiger partial charge in [0.1, 0.15) is 11.4 Å². The van der Waals surface area contributed by atoms with E-state index < -0.39 is 5.91 Å². The van der Waals surface area contributed by atoms with Crippen LogP contribution < -0.4 is 5.73 Å². The van der Waals surface area contributed by atoms with Crippen LogP contribution in [-0.2, 0) is 0 Å². The van der Waals surface area contributed by atoms with Crippen LogP contribution in [0.3, 0.4) is 0 Å². The molecule has 0 aliphatic carbocycles. The highest BCUT2D eigenvalue weighted by Gasteiger charge is 2.06. The predicted molar refractivity (Wildman–Crippen MR) is 51.6 cm³/mol. The number of carbonyl (C=O) groups is 1. The molecule has 0 fully saturated rings. The minimum Gasteiger partial charge on any atom is -0.364 e. The maximum atomic E-state index is 10.9. The summed E-state index contributed by atoms with van der Waals surface area (Å²) in [5.74, 6) is -0.221. The largest absolute Gasteiger partial charge is 0.364 e. The summed E-state index contributed by atoms with van der Waals surface area (Å²) in [6, 6.07) is 4.88. The molecule has 0 bridgehead atoms. The van der Waals surface area contributed by atoms with Crippen LogP contribution in [0.4, 0.5) is 0 Å². The number of hydrogen-bond acceptors (Lipinski definition) is 5. The predicted octanol–water partition coefficient (Wildman–Crippen LogP) is 0.0325. The summed E-state index contributed by atoms with van der Waals surface area (Å²) in [5.41, 5.74) is 5.76. The topological polar surface area (TPSA) is 94.7 Å². The van der Waals surface area contributed by atoms with Crippen LogP contribution in [-0.4, -0.2) is 26.1 Å². The molecule has 2 aromatic heterocycles. The fraction of sp³-hybridized carbons (Fsp3) is 0. The zero-order valence-corrected chi connectivity index (χ0v) is 7.66. The van der Waals surface area contributed by atoms with E-state index in [1.165, 1.54) is 18.5 Å². The number of hydrogen-bond donors (Lipinski definition) is 1. The van der Waals surface area contributed by atoms with Gasteiger partial charge >= 0.3 is 0 Å². The van der Waals surface area contributed by atoms with Gasteiger partial charge in [0.25, 0.3) is 5.91 Å². The van der Waals surface area contributed by atoms with Crippen molar-refractivity contribution in [2.75, 3.05) is 0 Å². The first-order valence-corrected chi connectivity index (χ1v) is 4.18. The Balaban J connectivity index is 2.46. The third-order valence-corrected chi connectivity index (χ3v) is 1.71. The maximum absolute atomic E-state index is 10.9. The summed E-state index contributed by atoms with van der Waals surface area (Å²) in [4.78, 5) is 18.9. The van der Waals surface area contributed by atoms with E-state index in [2.05, 4.69) is 20.2 Å². The summed E-state index contributed by atoms with van der Waals surface area (Å²) >= 11 is 0. The van der Waals surface area contributed by atoms with Gasteiger partial charge in [-0.1, -0.05) is 6.07 Å². The maximum Gasteiger partial charge on any atom is 0.267 e. The van der Waals surface area contributed by atoms with Crippen LogP contribution in [0.2, 0.25) is 0 Å². The first kappa shape index (κ1) is 9.20. The molecule has 0 spiro atoms. The second kappa shape index (κ2) is 3.79. The number of carbonyl (C=O) groups excluding carboxylic acids is 1. The molecule has 2 heterocycles. The number of pyridine rings is 1. The molecule has 0 saturated heterocycles. The molecule has 0 unspecified atom stereocenters. The van der Waals surface area contributed by atoms with Crippen molar-refractivity contribution in [2.45, 2.75) is 0 Å². The van der Waals surface area contributed by atoms with E-state index in [4.69, 9.17) is 5.73 Å². The molecule has 0 aliphatic rings. The van der Waals surface area contributed by atoms with Crippen LogP contribution >= 0.6 is 0 Å². The lowest BCUT2D eigenvalue weighted by Gasteiger charge is -1.98. The minimum absolute atomic E-state index is 0.181. The van der Waals surface area contributed by atoms with Crippen molar-refractivity contribution in [1.82, 2.24) is 20.2 Å². The normalized spacial score (nSPS) is 9.87. The second-order valence-electron chi connectivity index (χ2n) is 2.74. The average molecular weight is 201 g/mol. The Labute approximate surface area is 85.2 Å². The van der Waals surface area contributed by atoms with Crippen molar-refractivity contribution in [1.29, 1.82) is 0 Å². The van der Waals surface area contributed by atoms with Gasteiger partial charge in [-0.3, -0.25) is 4.79 Å². The quantitative estimate of drug-likeness (QED) is 0.739. The number of amides is 1. The smallest absolute Gasteiger partial charge is 0.267 e. The van der Waals surface area contributed by atoms with E-state index >= 15 is 0 Å². The van der Waals surface area contributed by atoms with Crippen molar-refractivity contribution in [3.05, 3.63) is 36.3 Å². The van der Waals surface area contributed by atoms with Gasteiger partial charge in [0.05, 0.1) is 6.20 Å². The Morgan fingerprint density at radius 1 is 1.27 bits per heavy atom. The third kappa shape index (κ3) is 1.93. The van der Waals surface area contributed by atoms with E-state index in [9.17, 15) is 4.79 Å². The Bertz CT molecular complexity index is 485. The van der Waals surface area contributed by atoms with Crippen LogP contribution in [0.25, 0.3) is 11.5 Å². The van der Waals surface area contributed by atoms with Gasteiger partial charge in [-0.25, -0.2) is 9.97 Å². The van der Waals surface area contributed by atoms with Crippen molar-refractivity contribution in [3.8, 4) is 11.5 Å². The number of nitrogens with zero attached hydrogens (tertiary/aromatic N) is 4. The van der Waals surface area contributed by atoms with Gasteiger partial charge in [0, 0.05) is 6.20 Å². The molecule has 6 heteroatoms. The summed E-state index contributed by atoms with van der Waals surface area (Å²) in [6.45, 7) is 0. The number of nitrogens with two attached hydrogens (primary N) is 1. The van der Waals surface area contributed by atoms with E-state index in [0.717, 1.165) is 0 Å². The molecule has 15 heavy (non-hydrogen) atoms. The highest BCUT2D eigenvalue weighted by molar-refractivity contribution is 5.91. The molecule has 6 nitrogen and oxygen atoms in total. The van der Waals surface area contributed by atoms with Crippen molar-refractivity contribution in [3.63, 3.8) is 0 Å². The van der Waals surface area contributed by atoms with Gasteiger partial charge < -0.3 is 5.73 Å². The monoisotopic (exact) mass is 201 g/mol. The number of aromatic nitrogens is 4. The standard InChI is InChI=1S/C9H7N5O/c10-8(15)6-2-1-3-7(13-6)9-11-4-5-12-14-9/h1-5H,(H2,10,15). The summed E-state index contributed by atoms with van der Waals surface area (Å²) in [7, 11) is 0. The molecule has 0 radical (unpaired) electrons. The summed E-state index contributed by atoms with van der Waals surface area (Å²) in [5, 5.41) is 7.44.